The second-order valence-electron chi connectivity index (χ2n) is 7.48. The normalized spacial score (nSPS) is 28.2. The zero-order valence-corrected chi connectivity index (χ0v) is 16.6. The van der Waals surface area contributed by atoms with Gasteiger partial charge in [-0.3, -0.25) is 0 Å². The van der Waals surface area contributed by atoms with Gasteiger partial charge in [-0.1, -0.05) is 12.1 Å². The number of hydrogen-bond acceptors (Lipinski definition) is 8. The topological polar surface area (TPSA) is 118 Å². The van der Waals surface area contributed by atoms with Gasteiger partial charge < -0.3 is 39.4 Å². The SMILES string of the molecule is COc1ccc([C@@H]2O[C@H](CO)[C@@H](O)[C@H](O)[C@H]2O)cc1Cc1ccc2c(c1)OCCO2. The maximum atomic E-state index is 10.4. The van der Waals surface area contributed by atoms with Crippen LogP contribution >= 0.6 is 0 Å². The number of aliphatic hydroxyl groups excluding tert-OH is 4. The molecule has 4 rings (SSSR count). The first-order valence-corrected chi connectivity index (χ1v) is 9.87. The summed E-state index contributed by atoms with van der Waals surface area (Å²) in [4.78, 5) is 0. The van der Waals surface area contributed by atoms with Crippen LogP contribution in [0.1, 0.15) is 22.8 Å². The summed E-state index contributed by atoms with van der Waals surface area (Å²) in [5.74, 6) is 2.08. The molecule has 0 amide bonds. The van der Waals surface area contributed by atoms with Crippen molar-refractivity contribution in [3.63, 3.8) is 0 Å². The second kappa shape index (κ2) is 8.79. The van der Waals surface area contributed by atoms with Gasteiger partial charge in [-0.2, -0.15) is 0 Å². The third-order valence-electron chi connectivity index (χ3n) is 5.53. The second-order valence-corrected chi connectivity index (χ2v) is 7.48. The number of rotatable bonds is 5. The van der Waals surface area contributed by atoms with Crippen LogP contribution in [0.3, 0.4) is 0 Å². The standard InChI is InChI=1S/C22H26O8/c1-27-15-5-3-13(22-21(26)20(25)19(24)18(11-23)30-22)10-14(15)8-12-2-4-16-17(9-12)29-7-6-28-16/h2-5,9-10,18-26H,6-8,11H2,1H3/t18-,19-,20+,21-,22+/m1/s1. The quantitative estimate of drug-likeness (QED) is 0.557. The van der Waals surface area contributed by atoms with E-state index in [9.17, 15) is 20.4 Å². The van der Waals surface area contributed by atoms with Crippen LogP contribution in [0.4, 0.5) is 0 Å². The first kappa shape index (κ1) is 20.9. The molecule has 1 fully saturated rings. The van der Waals surface area contributed by atoms with Gasteiger partial charge in [0.2, 0.25) is 0 Å². The summed E-state index contributed by atoms with van der Waals surface area (Å²) < 4.78 is 22.4. The number of aliphatic hydroxyl groups is 4. The van der Waals surface area contributed by atoms with Crippen molar-refractivity contribution in [1.82, 2.24) is 0 Å². The Morgan fingerprint density at radius 1 is 0.933 bits per heavy atom. The van der Waals surface area contributed by atoms with E-state index < -0.39 is 37.1 Å². The maximum absolute atomic E-state index is 10.4. The average molecular weight is 418 g/mol. The van der Waals surface area contributed by atoms with Crippen molar-refractivity contribution in [3.05, 3.63) is 53.1 Å². The molecule has 1 saturated heterocycles. The van der Waals surface area contributed by atoms with Gasteiger partial charge in [0.1, 0.15) is 49.5 Å². The number of fused-ring (bicyclic) bond motifs is 1. The van der Waals surface area contributed by atoms with Gasteiger partial charge in [0.25, 0.3) is 0 Å². The van der Waals surface area contributed by atoms with Gasteiger partial charge >= 0.3 is 0 Å². The van der Waals surface area contributed by atoms with Crippen LogP contribution in [0.2, 0.25) is 0 Å². The fraction of sp³-hybridized carbons (Fsp3) is 0.455. The minimum Gasteiger partial charge on any atom is -0.496 e. The highest BCUT2D eigenvalue weighted by atomic mass is 16.6. The Balaban J connectivity index is 1.62. The van der Waals surface area contributed by atoms with E-state index in [-0.39, 0.29) is 0 Å². The summed E-state index contributed by atoms with van der Waals surface area (Å²) in [7, 11) is 1.58. The highest BCUT2D eigenvalue weighted by molar-refractivity contribution is 5.47. The van der Waals surface area contributed by atoms with Gasteiger partial charge in [-0.05, 0) is 41.0 Å². The smallest absolute Gasteiger partial charge is 0.161 e. The number of hydrogen-bond donors (Lipinski definition) is 4. The molecule has 2 aromatic carbocycles. The highest BCUT2D eigenvalue weighted by Crippen LogP contribution is 2.36. The predicted octanol–water partition coefficient (Wildman–Crippen LogP) is 0.572. The van der Waals surface area contributed by atoms with Gasteiger partial charge in [0.15, 0.2) is 11.5 Å². The summed E-state index contributed by atoms with van der Waals surface area (Å²) in [6, 6.07) is 11.1. The van der Waals surface area contributed by atoms with Gasteiger partial charge in [-0.15, -0.1) is 0 Å². The van der Waals surface area contributed by atoms with Gasteiger partial charge in [0, 0.05) is 6.42 Å². The Morgan fingerprint density at radius 2 is 1.70 bits per heavy atom. The lowest BCUT2D eigenvalue weighted by molar-refractivity contribution is -0.231. The maximum Gasteiger partial charge on any atom is 0.161 e. The first-order chi connectivity index (χ1) is 14.5. The van der Waals surface area contributed by atoms with E-state index in [1.54, 1.807) is 19.2 Å². The number of benzene rings is 2. The molecule has 2 aromatic rings. The monoisotopic (exact) mass is 418 g/mol. The third-order valence-corrected chi connectivity index (χ3v) is 5.53. The molecule has 0 aromatic heterocycles. The Kier molecular flexibility index (Phi) is 6.12. The van der Waals surface area contributed by atoms with E-state index in [0.717, 1.165) is 11.1 Å². The molecule has 8 nitrogen and oxygen atoms in total. The molecule has 0 aliphatic carbocycles. The van der Waals surface area contributed by atoms with Crippen molar-refractivity contribution in [1.29, 1.82) is 0 Å². The van der Waals surface area contributed by atoms with E-state index in [4.69, 9.17) is 18.9 Å². The van der Waals surface area contributed by atoms with Crippen LogP contribution in [-0.2, 0) is 11.2 Å². The molecule has 0 unspecified atom stereocenters. The zero-order valence-electron chi connectivity index (χ0n) is 16.6. The molecule has 0 radical (unpaired) electrons. The van der Waals surface area contributed by atoms with Crippen LogP contribution in [0.5, 0.6) is 17.2 Å². The molecule has 2 heterocycles. The summed E-state index contributed by atoms with van der Waals surface area (Å²) in [6.45, 7) is 0.565. The van der Waals surface area contributed by atoms with E-state index >= 15 is 0 Å². The van der Waals surface area contributed by atoms with Crippen LogP contribution in [0.25, 0.3) is 0 Å². The first-order valence-electron chi connectivity index (χ1n) is 9.87. The zero-order chi connectivity index (χ0) is 21.3. The lowest BCUT2D eigenvalue weighted by Gasteiger charge is -2.40. The summed E-state index contributed by atoms with van der Waals surface area (Å²) in [5.41, 5.74) is 2.45. The minimum atomic E-state index is -1.43. The number of ether oxygens (including phenoxy) is 4. The van der Waals surface area contributed by atoms with Gasteiger partial charge in [0.05, 0.1) is 13.7 Å². The molecule has 0 bridgehead atoms. The Labute approximate surface area is 174 Å². The molecular formula is C22H26O8. The molecule has 0 saturated carbocycles. The van der Waals surface area contributed by atoms with Crippen molar-refractivity contribution in [2.45, 2.75) is 36.9 Å². The van der Waals surface area contributed by atoms with Crippen LogP contribution in [0.15, 0.2) is 36.4 Å². The minimum absolute atomic E-state index is 0.471. The van der Waals surface area contributed by atoms with Gasteiger partial charge in [-0.25, -0.2) is 0 Å². The lowest BCUT2D eigenvalue weighted by atomic mass is 9.90. The Morgan fingerprint density at radius 3 is 2.43 bits per heavy atom. The molecule has 5 atom stereocenters. The summed E-state index contributed by atoms with van der Waals surface area (Å²) in [5, 5.41) is 40.0. The summed E-state index contributed by atoms with van der Waals surface area (Å²) >= 11 is 0. The van der Waals surface area contributed by atoms with Crippen LogP contribution < -0.4 is 14.2 Å². The van der Waals surface area contributed by atoms with Crippen molar-refractivity contribution in [2.75, 3.05) is 26.9 Å². The van der Waals surface area contributed by atoms with E-state index in [1.165, 1.54) is 0 Å². The largest absolute Gasteiger partial charge is 0.496 e. The molecule has 8 heteroatoms. The molecule has 2 aliphatic heterocycles. The molecular weight excluding hydrogens is 392 g/mol. The van der Waals surface area contributed by atoms with Crippen molar-refractivity contribution < 1.29 is 39.4 Å². The van der Waals surface area contributed by atoms with E-state index in [1.807, 2.05) is 24.3 Å². The Hall–Kier alpha value is -2.36. The predicted molar refractivity (Wildman–Crippen MR) is 106 cm³/mol. The molecule has 2 aliphatic rings. The third kappa shape index (κ3) is 3.97. The van der Waals surface area contributed by atoms with Crippen LogP contribution in [-0.4, -0.2) is 71.8 Å². The van der Waals surface area contributed by atoms with Crippen molar-refractivity contribution >= 4 is 0 Å². The highest BCUT2D eigenvalue weighted by Gasteiger charge is 2.44. The summed E-state index contributed by atoms with van der Waals surface area (Å²) in [6.07, 6.45) is -5.48. The number of methoxy groups -OCH3 is 1. The molecule has 30 heavy (non-hydrogen) atoms. The van der Waals surface area contributed by atoms with E-state index in [2.05, 4.69) is 0 Å². The lowest BCUT2D eigenvalue weighted by Crippen LogP contribution is -2.55. The van der Waals surface area contributed by atoms with E-state index in [0.29, 0.717) is 42.4 Å². The fourth-order valence-corrected chi connectivity index (χ4v) is 3.91. The van der Waals surface area contributed by atoms with Crippen molar-refractivity contribution in [3.8, 4) is 17.2 Å². The van der Waals surface area contributed by atoms with Crippen molar-refractivity contribution in [2.24, 2.45) is 0 Å². The molecule has 0 spiro atoms. The van der Waals surface area contributed by atoms with Crippen LogP contribution in [0, 0.1) is 0 Å². The average Bonchev–Trinajstić information content (AvgIpc) is 2.77. The molecule has 162 valence electrons. The Bertz CT molecular complexity index is 883. The fourth-order valence-electron chi connectivity index (χ4n) is 3.91. The molecule has 4 N–H and O–H groups in total.